The Morgan fingerprint density at radius 1 is 1.44 bits per heavy atom. The van der Waals surface area contributed by atoms with Crippen LogP contribution < -0.4 is 5.32 Å². The van der Waals surface area contributed by atoms with Gasteiger partial charge in [-0.05, 0) is 13.8 Å². The molecule has 1 N–H and O–H groups in total. The number of carbonyl (C=O) groups excluding carboxylic acids is 3. The summed E-state index contributed by atoms with van der Waals surface area (Å²) in [5.74, 6) is -0.160. The summed E-state index contributed by atoms with van der Waals surface area (Å²) < 4.78 is 4.78. The normalized spacial score (nSPS) is 9.94. The summed E-state index contributed by atoms with van der Waals surface area (Å²) in [5.41, 5.74) is 0. The molecule has 0 bridgehead atoms. The molecule has 0 aliphatic rings. The molecule has 1 heterocycles. The molecule has 0 aromatic carbocycles. The Morgan fingerprint density at radius 3 is 2.61 bits per heavy atom. The van der Waals surface area contributed by atoms with E-state index in [-0.39, 0.29) is 18.7 Å². The number of anilines is 1. The van der Waals surface area contributed by atoms with Crippen molar-refractivity contribution in [1.29, 1.82) is 0 Å². The molecule has 0 aliphatic carbocycles. The molecule has 1 aromatic rings. The zero-order valence-corrected chi connectivity index (χ0v) is 10.5. The first-order chi connectivity index (χ1) is 8.38. The van der Waals surface area contributed by atoms with Crippen molar-refractivity contribution >= 4 is 23.4 Å². The van der Waals surface area contributed by atoms with E-state index in [2.05, 4.69) is 10.5 Å². The summed E-state index contributed by atoms with van der Waals surface area (Å²) in [5, 5.41) is 6.07. The molecule has 0 spiro atoms. The second-order valence-electron chi connectivity index (χ2n) is 4.00. The number of ketones is 1. The smallest absolute Gasteiger partial charge is 0.245 e. The SMILES string of the molecule is CC(=O)CC(=O)N(C)CC(=O)Nc1cc(C)on1. The summed E-state index contributed by atoms with van der Waals surface area (Å²) in [6, 6.07) is 1.56. The van der Waals surface area contributed by atoms with Gasteiger partial charge in [-0.2, -0.15) is 0 Å². The second kappa shape index (κ2) is 5.95. The summed E-state index contributed by atoms with van der Waals surface area (Å²) in [6.45, 7) is 2.88. The number of amides is 2. The Bertz CT molecular complexity index is 467. The average Bonchev–Trinajstić information content (AvgIpc) is 2.62. The first-order valence-corrected chi connectivity index (χ1v) is 5.35. The Labute approximate surface area is 104 Å². The van der Waals surface area contributed by atoms with Gasteiger partial charge in [-0.1, -0.05) is 5.16 Å². The number of Topliss-reactive ketones (excluding diaryl/α,β-unsaturated/α-hetero) is 1. The highest BCUT2D eigenvalue weighted by Crippen LogP contribution is 2.06. The number of aryl methyl sites for hydroxylation is 1. The predicted molar refractivity (Wildman–Crippen MR) is 62.8 cm³/mol. The van der Waals surface area contributed by atoms with Crippen LogP contribution in [0.4, 0.5) is 5.82 Å². The van der Waals surface area contributed by atoms with Crippen molar-refractivity contribution in [2.24, 2.45) is 0 Å². The van der Waals surface area contributed by atoms with Crippen LogP contribution in [0.3, 0.4) is 0 Å². The molecule has 0 saturated carbocycles. The lowest BCUT2D eigenvalue weighted by atomic mass is 10.3. The van der Waals surface area contributed by atoms with Crippen molar-refractivity contribution in [3.05, 3.63) is 11.8 Å². The Hall–Kier alpha value is -2.18. The van der Waals surface area contributed by atoms with Crippen LogP contribution in [-0.4, -0.2) is 41.2 Å². The van der Waals surface area contributed by atoms with Gasteiger partial charge in [-0.15, -0.1) is 0 Å². The third-order valence-electron chi connectivity index (χ3n) is 2.10. The van der Waals surface area contributed by atoms with Gasteiger partial charge >= 0.3 is 0 Å². The molecular formula is C11H15N3O4. The lowest BCUT2D eigenvalue weighted by Gasteiger charge is -2.15. The van der Waals surface area contributed by atoms with E-state index in [1.807, 2.05) is 0 Å². The molecule has 0 fully saturated rings. The number of carbonyl (C=O) groups is 3. The molecule has 2 amide bonds. The third-order valence-corrected chi connectivity index (χ3v) is 2.10. The van der Waals surface area contributed by atoms with Crippen LogP contribution in [0.5, 0.6) is 0 Å². The fourth-order valence-corrected chi connectivity index (χ4v) is 1.26. The first-order valence-electron chi connectivity index (χ1n) is 5.35. The third kappa shape index (κ3) is 4.36. The Kier molecular flexibility index (Phi) is 4.59. The topological polar surface area (TPSA) is 92.5 Å². The monoisotopic (exact) mass is 253 g/mol. The van der Waals surface area contributed by atoms with E-state index in [0.29, 0.717) is 11.6 Å². The van der Waals surface area contributed by atoms with E-state index >= 15 is 0 Å². The minimum absolute atomic E-state index is 0.141. The molecule has 18 heavy (non-hydrogen) atoms. The van der Waals surface area contributed by atoms with E-state index in [4.69, 9.17) is 4.52 Å². The van der Waals surface area contributed by atoms with E-state index in [1.165, 1.54) is 18.9 Å². The number of nitrogens with one attached hydrogen (secondary N) is 1. The van der Waals surface area contributed by atoms with E-state index in [0.717, 1.165) is 0 Å². The van der Waals surface area contributed by atoms with Gasteiger partial charge in [0.25, 0.3) is 0 Å². The molecule has 98 valence electrons. The van der Waals surface area contributed by atoms with Gasteiger partial charge in [0.2, 0.25) is 11.8 Å². The van der Waals surface area contributed by atoms with Crippen molar-refractivity contribution < 1.29 is 18.9 Å². The Morgan fingerprint density at radius 2 is 2.11 bits per heavy atom. The fraction of sp³-hybridized carbons (Fsp3) is 0.455. The number of hydrogen-bond donors (Lipinski definition) is 1. The molecule has 7 nitrogen and oxygen atoms in total. The summed E-state index contributed by atoms with van der Waals surface area (Å²) in [7, 11) is 1.46. The molecule has 0 aliphatic heterocycles. The van der Waals surface area contributed by atoms with Crippen LogP contribution in [0.1, 0.15) is 19.1 Å². The van der Waals surface area contributed by atoms with Crippen LogP contribution in [-0.2, 0) is 14.4 Å². The van der Waals surface area contributed by atoms with Crippen LogP contribution >= 0.6 is 0 Å². The number of rotatable bonds is 5. The number of likely N-dealkylation sites (N-methyl/N-ethyl adjacent to an activating group) is 1. The molecule has 7 heteroatoms. The van der Waals surface area contributed by atoms with Gasteiger partial charge in [0.05, 0.1) is 13.0 Å². The van der Waals surface area contributed by atoms with E-state index < -0.39 is 11.8 Å². The molecule has 1 aromatic heterocycles. The molecule has 0 radical (unpaired) electrons. The van der Waals surface area contributed by atoms with Crippen LogP contribution in [0.25, 0.3) is 0 Å². The Balaban J connectivity index is 2.44. The standard InChI is InChI=1S/C11H15N3O4/c1-7(15)4-11(17)14(3)6-10(16)12-9-5-8(2)18-13-9/h5H,4,6H2,1-3H3,(H,12,13,16). The average molecular weight is 253 g/mol. The molecule has 1 rings (SSSR count). The van der Waals surface area contributed by atoms with Crippen LogP contribution in [0.15, 0.2) is 10.6 Å². The van der Waals surface area contributed by atoms with E-state index in [9.17, 15) is 14.4 Å². The largest absolute Gasteiger partial charge is 0.360 e. The molecule has 0 unspecified atom stereocenters. The lowest BCUT2D eigenvalue weighted by Crippen LogP contribution is -2.35. The lowest BCUT2D eigenvalue weighted by molar-refractivity contribution is -0.136. The summed E-state index contributed by atoms with van der Waals surface area (Å²) in [4.78, 5) is 34.9. The summed E-state index contributed by atoms with van der Waals surface area (Å²) >= 11 is 0. The minimum Gasteiger partial charge on any atom is -0.360 e. The fourth-order valence-electron chi connectivity index (χ4n) is 1.26. The van der Waals surface area contributed by atoms with Crippen LogP contribution in [0.2, 0.25) is 0 Å². The van der Waals surface area contributed by atoms with E-state index in [1.54, 1.807) is 13.0 Å². The van der Waals surface area contributed by atoms with Crippen molar-refractivity contribution in [2.45, 2.75) is 20.3 Å². The van der Waals surface area contributed by atoms with Crippen molar-refractivity contribution in [3.8, 4) is 0 Å². The summed E-state index contributed by atoms with van der Waals surface area (Å²) in [6.07, 6.45) is -0.202. The minimum atomic E-state index is -0.400. The van der Waals surface area contributed by atoms with Gasteiger partial charge in [-0.25, -0.2) is 0 Å². The van der Waals surface area contributed by atoms with Gasteiger partial charge in [-0.3, -0.25) is 14.4 Å². The van der Waals surface area contributed by atoms with Gasteiger partial charge in [0.1, 0.15) is 11.5 Å². The quantitative estimate of drug-likeness (QED) is 0.765. The second-order valence-corrected chi connectivity index (χ2v) is 4.00. The van der Waals surface area contributed by atoms with Crippen molar-refractivity contribution in [1.82, 2.24) is 10.1 Å². The van der Waals surface area contributed by atoms with Crippen molar-refractivity contribution in [2.75, 3.05) is 18.9 Å². The number of aromatic nitrogens is 1. The maximum atomic E-state index is 11.6. The number of nitrogens with zero attached hydrogens (tertiary/aromatic N) is 2. The molecule has 0 atom stereocenters. The van der Waals surface area contributed by atoms with Gasteiger partial charge < -0.3 is 14.7 Å². The number of hydrogen-bond acceptors (Lipinski definition) is 5. The van der Waals surface area contributed by atoms with Gasteiger partial charge in [0, 0.05) is 13.1 Å². The predicted octanol–water partition coefficient (Wildman–Crippen LogP) is 0.359. The maximum Gasteiger partial charge on any atom is 0.245 e. The highest BCUT2D eigenvalue weighted by atomic mass is 16.5. The zero-order valence-electron chi connectivity index (χ0n) is 10.5. The van der Waals surface area contributed by atoms with Gasteiger partial charge in [0.15, 0.2) is 5.82 Å². The zero-order chi connectivity index (χ0) is 13.7. The first kappa shape index (κ1) is 13.9. The molecule has 0 saturated heterocycles. The highest BCUT2D eigenvalue weighted by Gasteiger charge is 2.15. The molecular weight excluding hydrogens is 238 g/mol. The highest BCUT2D eigenvalue weighted by molar-refractivity contribution is 5.99. The van der Waals surface area contributed by atoms with Crippen LogP contribution in [0, 0.1) is 6.92 Å². The van der Waals surface area contributed by atoms with Crippen molar-refractivity contribution in [3.63, 3.8) is 0 Å². The maximum absolute atomic E-state index is 11.6.